The van der Waals surface area contributed by atoms with Crippen LogP contribution in [0.5, 0.6) is 0 Å². The average molecular weight is 568 g/mol. The number of nitrogens with zero attached hydrogens (tertiary/aromatic N) is 3. The zero-order chi connectivity index (χ0) is 29.4. The van der Waals surface area contributed by atoms with E-state index in [1.165, 1.54) is 0 Å². The number of amides is 2. The van der Waals surface area contributed by atoms with Gasteiger partial charge in [0, 0.05) is 29.2 Å². The number of likely N-dealkylation sites (tertiary alicyclic amines) is 1. The number of carbonyl (C=O) groups excluding carboxylic acids is 3. The first-order chi connectivity index (χ1) is 18.2. The molecule has 0 spiro atoms. The number of para-hydroxylation sites is 1. The second-order valence-electron chi connectivity index (χ2n) is 10.6. The molecular weight excluding hydrogens is 531 g/mol. The quantitative estimate of drug-likeness (QED) is 0.263. The SMILES string of the molecule is CNCC(=O)N1CC(F)(F)C[C@H]1C#N.[CH2-]CC(C)(C)OCC(C)(C)C(=O)Nc1cccc2c(C=O)ccnc12.[Na+]. The molecule has 1 atom stereocenters. The predicted octanol–water partition coefficient (Wildman–Crippen LogP) is 1.00. The number of anilines is 1. The third-order valence-electron chi connectivity index (χ3n) is 6.29. The summed E-state index contributed by atoms with van der Waals surface area (Å²) in [5.41, 5.74) is 0.612. The molecule has 2 heterocycles. The number of hydrogen-bond acceptors (Lipinski definition) is 7. The maximum atomic E-state index is 12.9. The summed E-state index contributed by atoms with van der Waals surface area (Å²) < 4.78 is 31.6. The minimum atomic E-state index is -2.93. The Morgan fingerprint density at radius 1 is 1.30 bits per heavy atom. The van der Waals surface area contributed by atoms with Crippen LogP contribution in [-0.2, 0) is 14.3 Å². The predicted molar refractivity (Wildman–Crippen MR) is 144 cm³/mol. The van der Waals surface area contributed by atoms with Crippen LogP contribution in [0.25, 0.3) is 10.9 Å². The molecule has 1 aliphatic heterocycles. The molecule has 0 bridgehead atoms. The summed E-state index contributed by atoms with van der Waals surface area (Å²) in [6, 6.07) is 7.75. The number of nitrogens with one attached hydrogen (secondary N) is 2. The van der Waals surface area contributed by atoms with Gasteiger partial charge in [-0.1, -0.05) is 12.1 Å². The molecular formula is C28H36F2N5NaO4. The third-order valence-corrected chi connectivity index (χ3v) is 6.29. The fraction of sp³-hybridized carbons (Fsp3) is 0.500. The summed E-state index contributed by atoms with van der Waals surface area (Å²) in [4.78, 5) is 40.4. The van der Waals surface area contributed by atoms with E-state index < -0.39 is 36.3 Å². The topological polar surface area (TPSA) is 124 Å². The molecule has 0 radical (unpaired) electrons. The van der Waals surface area contributed by atoms with Crippen LogP contribution >= 0.6 is 0 Å². The van der Waals surface area contributed by atoms with Crippen LogP contribution < -0.4 is 40.2 Å². The molecule has 1 aliphatic rings. The van der Waals surface area contributed by atoms with Crippen molar-refractivity contribution in [2.75, 3.05) is 32.1 Å². The molecule has 3 rings (SSSR count). The molecule has 40 heavy (non-hydrogen) atoms. The van der Waals surface area contributed by atoms with Gasteiger partial charge in [0.05, 0.1) is 42.4 Å². The molecule has 1 aromatic heterocycles. The van der Waals surface area contributed by atoms with Crippen LogP contribution in [0.1, 0.15) is 50.9 Å². The van der Waals surface area contributed by atoms with Crippen molar-refractivity contribution in [3.8, 4) is 6.07 Å². The van der Waals surface area contributed by atoms with Crippen LogP contribution in [0.2, 0.25) is 0 Å². The molecule has 12 heteroatoms. The average Bonchev–Trinajstić information content (AvgIpc) is 3.22. The number of hydrogen-bond donors (Lipinski definition) is 2. The van der Waals surface area contributed by atoms with Gasteiger partial charge in [-0.2, -0.15) is 11.7 Å². The number of carbonyl (C=O) groups is 3. The number of halogens is 2. The smallest absolute Gasteiger partial charge is 0.377 e. The van der Waals surface area contributed by atoms with Gasteiger partial charge >= 0.3 is 29.6 Å². The van der Waals surface area contributed by atoms with Gasteiger partial charge in [-0.25, -0.2) is 8.78 Å². The van der Waals surface area contributed by atoms with Crippen molar-refractivity contribution in [1.29, 1.82) is 5.26 Å². The number of fused-ring (bicyclic) bond motifs is 1. The Morgan fingerprint density at radius 3 is 2.55 bits per heavy atom. The van der Waals surface area contributed by atoms with Crippen molar-refractivity contribution >= 4 is 34.7 Å². The Bertz CT molecular complexity index is 1230. The Hall–Kier alpha value is -2.49. The van der Waals surface area contributed by atoms with Crippen molar-refractivity contribution in [3.63, 3.8) is 0 Å². The Kier molecular flexibility index (Phi) is 13.3. The maximum absolute atomic E-state index is 12.9. The van der Waals surface area contributed by atoms with Crippen LogP contribution in [-0.4, -0.2) is 72.3 Å². The van der Waals surface area contributed by atoms with Gasteiger partial charge in [-0.05, 0) is 46.9 Å². The second-order valence-corrected chi connectivity index (χ2v) is 10.6. The minimum absolute atomic E-state index is 0. The summed E-state index contributed by atoms with van der Waals surface area (Å²) in [5, 5.41) is 14.8. The Balaban J connectivity index is 0.000000454. The molecule has 0 unspecified atom stereocenters. The molecule has 2 N–H and O–H groups in total. The van der Waals surface area contributed by atoms with Gasteiger partial charge in [0.25, 0.3) is 5.92 Å². The summed E-state index contributed by atoms with van der Waals surface area (Å²) in [7, 11) is 1.55. The number of aldehydes is 1. The van der Waals surface area contributed by atoms with E-state index >= 15 is 0 Å². The summed E-state index contributed by atoms with van der Waals surface area (Å²) in [6.07, 6.45) is 2.41. The zero-order valence-corrected chi connectivity index (χ0v) is 26.0. The zero-order valence-electron chi connectivity index (χ0n) is 24.0. The summed E-state index contributed by atoms with van der Waals surface area (Å²) in [6.45, 7) is 11.0. The van der Waals surface area contributed by atoms with Crippen LogP contribution in [0, 0.1) is 23.7 Å². The molecule has 9 nitrogen and oxygen atoms in total. The first kappa shape index (κ1) is 35.5. The van der Waals surface area contributed by atoms with Gasteiger partial charge in [-0.3, -0.25) is 19.4 Å². The number of pyridine rings is 1. The van der Waals surface area contributed by atoms with Crippen molar-refractivity contribution in [1.82, 2.24) is 15.2 Å². The van der Waals surface area contributed by atoms with Gasteiger partial charge in [0.1, 0.15) is 6.04 Å². The fourth-order valence-corrected chi connectivity index (χ4v) is 3.65. The molecule has 1 fully saturated rings. The van der Waals surface area contributed by atoms with Crippen LogP contribution in [0.15, 0.2) is 30.5 Å². The van der Waals surface area contributed by atoms with Gasteiger partial charge in [-0.15, -0.1) is 0 Å². The monoisotopic (exact) mass is 567 g/mol. The van der Waals surface area contributed by atoms with E-state index in [0.29, 0.717) is 28.6 Å². The van der Waals surface area contributed by atoms with E-state index in [-0.39, 0.29) is 54.2 Å². The van der Waals surface area contributed by atoms with Gasteiger partial charge < -0.3 is 27.2 Å². The van der Waals surface area contributed by atoms with E-state index in [4.69, 9.17) is 10.00 Å². The Labute approximate surface area is 256 Å². The van der Waals surface area contributed by atoms with E-state index in [1.54, 1.807) is 37.5 Å². The van der Waals surface area contributed by atoms with Gasteiger partial charge in [0.2, 0.25) is 11.8 Å². The number of likely N-dealkylation sites (N-methyl/N-ethyl adjacent to an activating group) is 1. The van der Waals surface area contributed by atoms with Crippen molar-refractivity contribution in [2.45, 2.75) is 58.1 Å². The van der Waals surface area contributed by atoms with E-state index in [9.17, 15) is 23.2 Å². The van der Waals surface area contributed by atoms with E-state index in [2.05, 4.69) is 22.5 Å². The molecule has 1 aromatic carbocycles. The molecule has 2 amide bonds. The minimum Gasteiger partial charge on any atom is -0.377 e. The van der Waals surface area contributed by atoms with Crippen molar-refractivity contribution in [2.24, 2.45) is 5.41 Å². The number of rotatable bonds is 9. The van der Waals surface area contributed by atoms with Crippen molar-refractivity contribution < 1.29 is 57.5 Å². The molecule has 212 valence electrons. The maximum Gasteiger partial charge on any atom is 1.00 e. The summed E-state index contributed by atoms with van der Waals surface area (Å²) in [5.74, 6) is -3.56. The van der Waals surface area contributed by atoms with Crippen molar-refractivity contribution in [3.05, 3.63) is 42.9 Å². The fourth-order valence-electron chi connectivity index (χ4n) is 3.65. The standard InChI is InChI=1S/C20H25N2O3.C8H11F2N3O.Na/c1-6-20(4,5)25-13-19(2,3)18(24)22-16-9-7-8-15-14(12-23)10-11-21-17(15)16;1-12-4-7(14)13-5-8(9,10)2-6(13)3-11;/h7-12H,1,6,13H2,2-5H3,(H,22,24);6,12H,2,4-5H2,1H3;/q-1;;+1/t;6-;/m.0./s1. The van der Waals surface area contributed by atoms with Crippen LogP contribution in [0.4, 0.5) is 14.5 Å². The number of nitriles is 1. The molecule has 2 aromatic rings. The van der Waals surface area contributed by atoms with Crippen LogP contribution in [0.3, 0.4) is 0 Å². The molecule has 0 saturated carbocycles. The summed E-state index contributed by atoms with van der Waals surface area (Å²) >= 11 is 0. The third kappa shape index (κ3) is 9.56. The van der Waals surface area contributed by atoms with E-state index in [1.807, 2.05) is 33.8 Å². The molecule has 0 aliphatic carbocycles. The normalized spacial score (nSPS) is 16.3. The first-order valence-electron chi connectivity index (χ1n) is 12.5. The number of benzene rings is 1. The Morgan fingerprint density at radius 2 is 1.98 bits per heavy atom. The first-order valence-corrected chi connectivity index (χ1v) is 12.5. The van der Waals surface area contributed by atoms with Gasteiger partial charge in [0.15, 0.2) is 6.29 Å². The number of aromatic nitrogens is 1. The second kappa shape index (κ2) is 14.9. The number of ether oxygens (including phenoxy) is 1. The van der Waals surface area contributed by atoms with E-state index in [0.717, 1.165) is 11.2 Å². The molecule has 1 saturated heterocycles. The number of alkyl halides is 2. The largest absolute Gasteiger partial charge is 1.00 e.